The van der Waals surface area contributed by atoms with Crippen LogP contribution >= 0.6 is 0 Å². The van der Waals surface area contributed by atoms with E-state index in [1.165, 1.54) is 27.8 Å². The molecule has 4 aromatic rings. The van der Waals surface area contributed by atoms with E-state index in [2.05, 4.69) is 33.8 Å². The first kappa shape index (κ1) is 20.0. The molecule has 0 amide bonds. The summed E-state index contributed by atoms with van der Waals surface area (Å²) in [6.45, 7) is 10.9. The Morgan fingerprint density at radius 1 is 0.800 bits per heavy atom. The Labute approximate surface area is 176 Å². The molecule has 0 bridgehead atoms. The Morgan fingerprint density at radius 3 is 2.13 bits per heavy atom. The Kier molecular flexibility index (Phi) is 5.02. The van der Waals surface area contributed by atoms with Gasteiger partial charge >= 0.3 is 5.63 Å². The minimum Gasteiger partial charge on any atom is -0.497 e. The summed E-state index contributed by atoms with van der Waals surface area (Å²) >= 11 is 0. The van der Waals surface area contributed by atoms with Crippen molar-refractivity contribution >= 4 is 21.7 Å². The van der Waals surface area contributed by atoms with E-state index in [0.717, 1.165) is 22.1 Å². The van der Waals surface area contributed by atoms with Crippen LogP contribution in [0.5, 0.6) is 11.5 Å². The van der Waals surface area contributed by atoms with Crippen LogP contribution in [0.25, 0.3) is 21.7 Å². The van der Waals surface area contributed by atoms with Gasteiger partial charge in [0.05, 0.1) is 12.5 Å². The molecule has 0 saturated heterocycles. The number of rotatable bonds is 4. The van der Waals surface area contributed by atoms with E-state index >= 15 is 0 Å². The molecule has 0 aliphatic carbocycles. The van der Waals surface area contributed by atoms with Crippen LogP contribution in [-0.2, 0) is 6.61 Å². The summed E-state index contributed by atoms with van der Waals surface area (Å²) in [5.41, 5.74) is 7.24. The highest BCUT2D eigenvalue weighted by Gasteiger charge is 2.15. The van der Waals surface area contributed by atoms with Crippen molar-refractivity contribution < 1.29 is 13.9 Å². The maximum Gasteiger partial charge on any atom is 0.344 e. The Bertz CT molecular complexity index is 1320. The van der Waals surface area contributed by atoms with Crippen LogP contribution in [0, 0.1) is 34.6 Å². The molecule has 154 valence electrons. The van der Waals surface area contributed by atoms with Gasteiger partial charge in [0.15, 0.2) is 0 Å². The van der Waals surface area contributed by atoms with E-state index in [4.69, 9.17) is 13.9 Å². The minimum absolute atomic E-state index is 0.377. The van der Waals surface area contributed by atoms with Gasteiger partial charge in [0.1, 0.15) is 23.7 Å². The third-order valence-electron chi connectivity index (χ3n) is 6.18. The predicted octanol–water partition coefficient (Wildman–Crippen LogP) is 6.08. The molecule has 30 heavy (non-hydrogen) atoms. The normalized spacial score (nSPS) is 11.3. The third kappa shape index (κ3) is 3.22. The predicted molar refractivity (Wildman–Crippen MR) is 121 cm³/mol. The van der Waals surface area contributed by atoms with Gasteiger partial charge in [-0.1, -0.05) is 6.07 Å². The van der Waals surface area contributed by atoms with Crippen molar-refractivity contribution in [3.8, 4) is 11.5 Å². The van der Waals surface area contributed by atoms with E-state index in [1.807, 2.05) is 31.2 Å². The molecular weight excluding hydrogens is 376 g/mol. The lowest BCUT2D eigenvalue weighted by molar-refractivity contribution is 0.302. The smallest absolute Gasteiger partial charge is 0.344 e. The molecule has 4 nitrogen and oxygen atoms in total. The summed E-state index contributed by atoms with van der Waals surface area (Å²) < 4.78 is 17.1. The van der Waals surface area contributed by atoms with E-state index in [-0.39, 0.29) is 5.63 Å². The Hall–Kier alpha value is -3.27. The van der Waals surface area contributed by atoms with Crippen LogP contribution in [0.15, 0.2) is 45.6 Å². The fraction of sp³-hybridized carbons (Fsp3) is 0.269. The second kappa shape index (κ2) is 7.52. The van der Waals surface area contributed by atoms with E-state index in [1.54, 1.807) is 13.2 Å². The highest BCUT2D eigenvalue weighted by molar-refractivity contribution is 6.06. The van der Waals surface area contributed by atoms with Crippen LogP contribution in [0.2, 0.25) is 0 Å². The molecule has 3 aromatic carbocycles. The first-order valence-electron chi connectivity index (χ1n) is 10.0. The number of aryl methyl sites for hydroxylation is 3. The lowest BCUT2D eigenvalue weighted by Crippen LogP contribution is -2.06. The molecule has 0 radical (unpaired) electrons. The van der Waals surface area contributed by atoms with Crippen LogP contribution in [0.4, 0.5) is 0 Å². The fourth-order valence-corrected chi connectivity index (χ4v) is 4.04. The van der Waals surface area contributed by atoms with E-state index < -0.39 is 0 Å². The molecule has 0 N–H and O–H groups in total. The average Bonchev–Trinajstić information content (AvgIpc) is 2.74. The highest BCUT2D eigenvalue weighted by atomic mass is 16.5. The van der Waals surface area contributed by atoms with Gasteiger partial charge in [-0.15, -0.1) is 0 Å². The van der Waals surface area contributed by atoms with E-state index in [0.29, 0.717) is 23.3 Å². The minimum atomic E-state index is -0.377. The van der Waals surface area contributed by atoms with Crippen molar-refractivity contribution in [2.45, 2.75) is 41.2 Å². The van der Waals surface area contributed by atoms with Crippen molar-refractivity contribution in [3.05, 3.63) is 80.2 Å². The molecule has 0 saturated carbocycles. The molecule has 0 atom stereocenters. The zero-order valence-corrected chi connectivity index (χ0v) is 18.3. The summed E-state index contributed by atoms with van der Waals surface area (Å²) in [6, 6.07) is 11.6. The number of methoxy groups -OCH3 is 1. The zero-order chi connectivity index (χ0) is 21.6. The van der Waals surface area contributed by atoms with Crippen molar-refractivity contribution in [2.75, 3.05) is 7.11 Å². The van der Waals surface area contributed by atoms with Gasteiger partial charge in [-0.25, -0.2) is 4.79 Å². The summed E-state index contributed by atoms with van der Waals surface area (Å²) in [6.07, 6.45) is 0. The summed E-state index contributed by atoms with van der Waals surface area (Å²) in [5.74, 6) is 1.35. The topological polar surface area (TPSA) is 48.7 Å². The molecule has 0 aliphatic heterocycles. The van der Waals surface area contributed by atoms with Crippen LogP contribution in [0.3, 0.4) is 0 Å². The molecule has 1 heterocycles. The molecule has 1 aromatic heterocycles. The largest absolute Gasteiger partial charge is 0.497 e. The van der Waals surface area contributed by atoms with Gasteiger partial charge in [0.25, 0.3) is 0 Å². The number of hydrogen-bond acceptors (Lipinski definition) is 4. The van der Waals surface area contributed by atoms with E-state index in [9.17, 15) is 4.79 Å². The highest BCUT2D eigenvalue weighted by Crippen LogP contribution is 2.33. The second-order valence-electron chi connectivity index (χ2n) is 7.89. The standard InChI is InChI=1S/C26H26O4/c1-14-11-15(2)17(4)23(16(14)3)13-29-24-10-9-21-20-8-7-19(28-6)12-22(20)26(27)30-25(21)18(24)5/h7-12H,13H2,1-6H3. The summed E-state index contributed by atoms with van der Waals surface area (Å²) in [5, 5.41) is 2.24. The first-order valence-corrected chi connectivity index (χ1v) is 10.0. The SMILES string of the molecule is COc1ccc2c(c1)c(=O)oc1c(C)c(OCc3c(C)c(C)cc(C)c3C)ccc12. The van der Waals surface area contributed by atoms with Gasteiger partial charge < -0.3 is 13.9 Å². The maximum absolute atomic E-state index is 12.6. The summed E-state index contributed by atoms with van der Waals surface area (Å²) in [7, 11) is 1.58. The molecule has 4 rings (SSSR count). The quantitative estimate of drug-likeness (QED) is 0.307. The Morgan fingerprint density at radius 2 is 1.47 bits per heavy atom. The van der Waals surface area contributed by atoms with Gasteiger partial charge in [-0.3, -0.25) is 0 Å². The second-order valence-corrected chi connectivity index (χ2v) is 7.89. The average molecular weight is 402 g/mol. The molecule has 0 spiro atoms. The van der Waals surface area contributed by atoms with Gasteiger partial charge in [0.2, 0.25) is 0 Å². The monoisotopic (exact) mass is 402 g/mol. The van der Waals surface area contributed by atoms with Crippen LogP contribution < -0.4 is 15.1 Å². The lowest BCUT2D eigenvalue weighted by atomic mass is 9.95. The maximum atomic E-state index is 12.6. The number of ether oxygens (including phenoxy) is 2. The van der Waals surface area contributed by atoms with Crippen molar-refractivity contribution in [2.24, 2.45) is 0 Å². The first-order chi connectivity index (χ1) is 14.3. The van der Waals surface area contributed by atoms with Crippen molar-refractivity contribution in [3.63, 3.8) is 0 Å². The lowest BCUT2D eigenvalue weighted by Gasteiger charge is -2.17. The zero-order valence-electron chi connectivity index (χ0n) is 18.3. The molecule has 0 fully saturated rings. The van der Waals surface area contributed by atoms with Crippen molar-refractivity contribution in [1.29, 1.82) is 0 Å². The third-order valence-corrected chi connectivity index (χ3v) is 6.18. The van der Waals surface area contributed by atoms with Crippen LogP contribution in [0.1, 0.15) is 33.4 Å². The molecule has 0 unspecified atom stereocenters. The van der Waals surface area contributed by atoms with Crippen LogP contribution in [-0.4, -0.2) is 7.11 Å². The number of benzene rings is 3. The number of hydrogen-bond donors (Lipinski definition) is 0. The Balaban J connectivity index is 1.78. The molecular formula is C26H26O4. The van der Waals surface area contributed by atoms with Gasteiger partial charge in [-0.05, 0) is 92.8 Å². The van der Waals surface area contributed by atoms with Crippen molar-refractivity contribution in [1.82, 2.24) is 0 Å². The molecule has 4 heteroatoms. The fourth-order valence-electron chi connectivity index (χ4n) is 4.04. The summed E-state index contributed by atoms with van der Waals surface area (Å²) in [4.78, 5) is 12.6. The van der Waals surface area contributed by atoms with Gasteiger partial charge in [0, 0.05) is 16.3 Å². The number of fused-ring (bicyclic) bond motifs is 3. The van der Waals surface area contributed by atoms with Gasteiger partial charge in [-0.2, -0.15) is 0 Å². The molecule has 0 aliphatic rings.